The summed E-state index contributed by atoms with van der Waals surface area (Å²) in [5, 5.41) is 22.7. The van der Waals surface area contributed by atoms with E-state index >= 15 is 0 Å². The standard InChI is InChI=1S/C19H17ClN2O3/c1-13-18(14-5-3-2-4-6-14)22(25)19(21(13)12-11-17(23)24)15-7-9-16(20)10-8-15/h2-10H,11-12H2,1H3,(H,23,24). The minimum Gasteiger partial charge on any atom is -0.710 e. The van der Waals surface area contributed by atoms with E-state index in [1.165, 1.54) is 0 Å². The van der Waals surface area contributed by atoms with Gasteiger partial charge < -0.3 is 10.3 Å². The first kappa shape index (κ1) is 17.0. The second-order valence-electron chi connectivity index (χ2n) is 5.72. The summed E-state index contributed by atoms with van der Waals surface area (Å²) in [5.41, 5.74) is 2.73. The van der Waals surface area contributed by atoms with Crippen molar-refractivity contribution >= 4 is 17.6 Å². The largest absolute Gasteiger partial charge is 0.710 e. The van der Waals surface area contributed by atoms with Gasteiger partial charge in [-0.25, -0.2) is 9.30 Å². The van der Waals surface area contributed by atoms with Gasteiger partial charge in [0.05, 0.1) is 12.0 Å². The SMILES string of the molecule is Cc1c(-c2ccccc2)[n+]([O-])c(-c2ccc(Cl)cc2)n1CCC(=O)O. The number of rotatable bonds is 5. The van der Waals surface area contributed by atoms with Crippen LogP contribution in [-0.4, -0.2) is 15.6 Å². The van der Waals surface area contributed by atoms with Gasteiger partial charge >= 0.3 is 5.97 Å². The van der Waals surface area contributed by atoms with Crippen molar-refractivity contribution in [1.82, 2.24) is 4.57 Å². The normalized spacial score (nSPS) is 10.8. The first-order chi connectivity index (χ1) is 12.0. The maximum Gasteiger partial charge on any atom is 0.307 e. The number of aromatic nitrogens is 2. The van der Waals surface area contributed by atoms with Crippen LogP contribution in [0.2, 0.25) is 5.02 Å². The summed E-state index contributed by atoms with van der Waals surface area (Å²) in [6.07, 6.45) is -0.0651. The number of aliphatic carboxylic acids is 1. The molecule has 0 unspecified atom stereocenters. The Kier molecular flexibility index (Phi) is 4.76. The van der Waals surface area contributed by atoms with E-state index in [1.807, 2.05) is 37.3 Å². The van der Waals surface area contributed by atoms with E-state index in [0.717, 1.165) is 16.0 Å². The minimum atomic E-state index is -0.908. The third-order valence-electron chi connectivity index (χ3n) is 4.10. The van der Waals surface area contributed by atoms with Crippen LogP contribution in [0.15, 0.2) is 54.6 Å². The van der Waals surface area contributed by atoms with Crippen LogP contribution in [0.1, 0.15) is 12.1 Å². The van der Waals surface area contributed by atoms with Gasteiger partial charge in [0.2, 0.25) is 0 Å². The molecule has 0 aliphatic carbocycles. The lowest BCUT2D eigenvalue weighted by molar-refractivity contribution is -0.581. The highest BCUT2D eigenvalue weighted by molar-refractivity contribution is 6.30. The molecule has 0 bridgehead atoms. The Labute approximate surface area is 150 Å². The van der Waals surface area contributed by atoms with Crippen LogP contribution in [0.5, 0.6) is 0 Å². The van der Waals surface area contributed by atoms with Crippen molar-refractivity contribution in [3.8, 4) is 22.6 Å². The van der Waals surface area contributed by atoms with Gasteiger partial charge in [0.25, 0.3) is 5.82 Å². The molecular weight excluding hydrogens is 340 g/mol. The number of hydrogen-bond acceptors (Lipinski definition) is 2. The molecule has 0 saturated heterocycles. The lowest BCUT2D eigenvalue weighted by atomic mass is 10.1. The van der Waals surface area contributed by atoms with Crippen molar-refractivity contribution in [3.05, 3.63) is 70.5 Å². The molecule has 0 spiro atoms. The van der Waals surface area contributed by atoms with Crippen molar-refractivity contribution in [2.45, 2.75) is 19.9 Å². The maximum atomic E-state index is 13.1. The number of benzene rings is 2. The monoisotopic (exact) mass is 356 g/mol. The Morgan fingerprint density at radius 1 is 1.12 bits per heavy atom. The minimum absolute atomic E-state index is 0.0651. The Morgan fingerprint density at radius 2 is 1.76 bits per heavy atom. The van der Waals surface area contributed by atoms with Crippen LogP contribution in [0.3, 0.4) is 0 Å². The van der Waals surface area contributed by atoms with Gasteiger partial charge in [0, 0.05) is 17.5 Å². The molecular formula is C19H17ClN2O3. The Hall–Kier alpha value is -2.79. The van der Waals surface area contributed by atoms with Crippen molar-refractivity contribution in [2.24, 2.45) is 0 Å². The summed E-state index contributed by atoms with van der Waals surface area (Å²) in [4.78, 5) is 11.0. The Balaban J connectivity index is 2.20. The number of hydrogen-bond donors (Lipinski definition) is 1. The predicted molar refractivity (Wildman–Crippen MR) is 96.3 cm³/mol. The third kappa shape index (κ3) is 3.37. The summed E-state index contributed by atoms with van der Waals surface area (Å²) in [6.45, 7) is 2.05. The molecule has 6 heteroatoms. The van der Waals surface area contributed by atoms with Gasteiger partial charge in [0.15, 0.2) is 5.69 Å². The molecule has 1 aromatic heterocycles. The van der Waals surface area contributed by atoms with Gasteiger partial charge in [-0.1, -0.05) is 41.9 Å². The van der Waals surface area contributed by atoms with E-state index in [2.05, 4.69) is 0 Å². The van der Waals surface area contributed by atoms with Crippen LogP contribution in [0.4, 0.5) is 0 Å². The number of halogens is 1. The Bertz CT molecular complexity index is 903. The van der Waals surface area contributed by atoms with E-state index in [0.29, 0.717) is 22.1 Å². The van der Waals surface area contributed by atoms with E-state index in [1.54, 1.807) is 28.8 Å². The molecule has 1 heterocycles. The highest BCUT2D eigenvalue weighted by Crippen LogP contribution is 2.28. The summed E-state index contributed by atoms with van der Waals surface area (Å²) in [5.74, 6) is -0.497. The van der Waals surface area contributed by atoms with Crippen LogP contribution in [0.25, 0.3) is 22.6 Å². The van der Waals surface area contributed by atoms with Gasteiger partial charge in [-0.3, -0.25) is 4.79 Å². The first-order valence-corrected chi connectivity index (χ1v) is 8.22. The number of carboxylic acids is 1. The fourth-order valence-electron chi connectivity index (χ4n) is 2.92. The predicted octanol–water partition coefficient (Wildman–Crippen LogP) is 3.89. The molecule has 3 aromatic rings. The first-order valence-electron chi connectivity index (χ1n) is 7.85. The fraction of sp³-hybridized carbons (Fsp3) is 0.158. The average molecular weight is 357 g/mol. The molecule has 25 heavy (non-hydrogen) atoms. The molecule has 0 atom stereocenters. The molecule has 5 nitrogen and oxygen atoms in total. The van der Waals surface area contributed by atoms with Crippen molar-refractivity contribution in [3.63, 3.8) is 0 Å². The zero-order valence-electron chi connectivity index (χ0n) is 13.6. The molecule has 0 aliphatic heterocycles. The molecule has 0 aliphatic rings. The van der Waals surface area contributed by atoms with Gasteiger partial charge in [-0.2, -0.15) is 0 Å². The second-order valence-corrected chi connectivity index (χ2v) is 6.16. The van der Waals surface area contributed by atoms with Crippen LogP contribution in [0, 0.1) is 12.1 Å². The highest BCUT2D eigenvalue weighted by Gasteiger charge is 2.27. The maximum absolute atomic E-state index is 13.1. The molecule has 128 valence electrons. The number of carboxylic acid groups (broad SMARTS) is 1. The molecule has 2 aromatic carbocycles. The van der Waals surface area contributed by atoms with Crippen LogP contribution >= 0.6 is 11.6 Å². The third-order valence-corrected chi connectivity index (χ3v) is 4.35. The van der Waals surface area contributed by atoms with Crippen molar-refractivity contribution < 1.29 is 14.6 Å². The van der Waals surface area contributed by atoms with E-state index < -0.39 is 5.97 Å². The van der Waals surface area contributed by atoms with Crippen molar-refractivity contribution in [1.29, 1.82) is 0 Å². The lowest BCUT2D eigenvalue weighted by Crippen LogP contribution is -2.30. The molecule has 1 N–H and O–H groups in total. The molecule has 0 radical (unpaired) electrons. The topological polar surface area (TPSA) is 69.2 Å². The van der Waals surface area contributed by atoms with E-state index in [-0.39, 0.29) is 13.0 Å². The van der Waals surface area contributed by atoms with E-state index in [9.17, 15) is 10.0 Å². The van der Waals surface area contributed by atoms with Crippen LogP contribution < -0.4 is 4.73 Å². The summed E-state index contributed by atoms with van der Waals surface area (Å²) >= 11 is 5.94. The smallest absolute Gasteiger partial charge is 0.307 e. The summed E-state index contributed by atoms with van der Waals surface area (Å²) in [7, 11) is 0. The zero-order chi connectivity index (χ0) is 18.0. The van der Waals surface area contributed by atoms with Gasteiger partial charge in [-0.15, -0.1) is 0 Å². The Morgan fingerprint density at radius 3 is 2.36 bits per heavy atom. The number of imidazole rings is 1. The highest BCUT2D eigenvalue weighted by atomic mass is 35.5. The number of carbonyl (C=O) groups is 1. The van der Waals surface area contributed by atoms with Gasteiger partial charge in [0.1, 0.15) is 12.2 Å². The fourth-order valence-corrected chi connectivity index (χ4v) is 3.05. The van der Waals surface area contributed by atoms with Crippen molar-refractivity contribution in [2.75, 3.05) is 0 Å². The van der Waals surface area contributed by atoms with E-state index in [4.69, 9.17) is 16.7 Å². The molecule has 3 rings (SSSR count). The lowest BCUT2D eigenvalue weighted by Gasteiger charge is -2.08. The quantitative estimate of drug-likeness (QED) is 0.557. The molecule has 0 amide bonds. The summed E-state index contributed by atoms with van der Waals surface area (Å²) < 4.78 is 2.63. The summed E-state index contributed by atoms with van der Waals surface area (Å²) in [6, 6.07) is 16.3. The molecule has 0 fully saturated rings. The van der Waals surface area contributed by atoms with Gasteiger partial charge in [-0.05, 0) is 24.3 Å². The zero-order valence-corrected chi connectivity index (χ0v) is 14.4. The number of nitrogens with zero attached hydrogens (tertiary/aromatic N) is 2. The second kappa shape index (κ2) is 6.99. The van der Waals surface area contributed by atoms with Crippen LogP contribution in [-0.2, 0) is 11.3 Å². The molecule has 0 saturated carbocycles. The average Bonchev–Trinajstić information content (AvgIpc) is 2.85.